The van der Waals surface area contributed by atoms with Crippen molar-refractivity contribution in [2.75, 3.05) is 19.3 Å². The van der Waals surface area contributed by atoms with Gasteiger partial charge in [-0.2, -0.15) is 4.31 Å². The van der Waals surface area contributed by atoms with Crippen molar-refractivity contribution in [1.82, 2.24) is 14.6 Å². The van der Waals surface area contributed by atoms with E-state index < -0.39 is 10.0 Å². The van der Waals surface area contributed by atoms with Gasteiger partial charge in [0.1, 0.15) is 0 Å². The number of rotatable bonds is 9. The summed E-state index contributed by atoms with van der Waals surface area (Å²) in [5.74, 6) is -0.157. The number of sulfonamides is 1. The minimum absolute atomic E-state index is 0.127. The van der Waals surface area contributed by atoms with E-state index in [1.807, 2.05) is 36.4 Å². The topological polar surface area (TPSA) is 79.4 Å². The van der Waals surface area contributed by atoms with Crippen molar-refractivity contribution >= 4 is 15.9 Å². The predicted molar refractivity (Wildman–Crippen MR) is 97.3 cm³/mol. The quantitative estimate of drug-likeness (QED) is 0.736. The zero-order chi connectivity index (χ0) is 18.1. The van der Waals surface area contributed by atoms with E-state index in [4.69, 9.17) is 0 Å². The molecule has 1 heterocycles. The number of amides is 1. The minimum atomic E-state index is -3.40. The second kappa shape index (κ2) is 9.29. The number of pyridine rings is 1. The highest BCUT2D eigenvalue weighted by molar-refractivity contribution is 7.88. The first-order valence-corrected chi connectivity index (χ1v) is 9.94. The van der Waals surface area contributed by atoms with Gasteiger partial charge in [-0.3, -0.25) is 9.78 Å². The maximum absolute atomic E-state index is 12.0. The second-order valence-corrected chi connectivity index (χ2v) is 7.78. The van der Waals surface area contributed by atoms with E-state index in [1.165, 1.54) is 4.31 Å². The molecule has 6 nitrogen and oxygen atoms in total. The monoisotopic (exact) mass is 361 g/mol. The largest absolute Gasteiger partial charge is 0.356 e. The van der Waals surface area contributed by atoms with Crippen LogP contribution in [0.5, 0.6) is 0 Å². The zero-order valence-electron chi connectivity index (χ0n) is 14.3. The Bertz CT molecular complexity index is 765. The van der Waals surface area contributed by atoms with Gasteiger partial charge < -0.3 is 5.32 Å². The molecule has 0 saturated carbocycles. The molecule has 0 fully saturated rings. The van der Waals surface area contributed by atoms with Crippen LogP contribution >= 0.6 is 0 Å². The molecule has 1 amide bonds. The number of aromatic nitrogens is 1. The van der Waals surface area contributed by atoms with Gasteiger partial charge in [0.05, 0.1) is 6.26 Å². The fourth-order valence-electron chi connectivity index (χ4n) is 2.36. The lowest BCUT2D eigenvalue weighted by Gasteiger charge is -2.19. The maximum atomic E-state index is 12.0. The van der Waals surface area contributed by atoms with E-state index in [9.17, 15) is 13.2 Å². The van der Waals surface area contributed by atoms with Crippen LogP contribution < -0.4 is 5.32 Å². The molecule has 134 valence electrons. The molecule has 0 spiro atoms. The average Bonchev–Trinajstić information content (AvgIpc) is 2.59. The van der Waals surface area contributed by atoms with Gasteiger partial charge in [0.15, 0.2) is 0 Å². The van der Waals surface area contributed by atoms with Crippen LogP contribution in [0.4, 0.5) is 0 Å². The summed E-state index contributed by atoms with van der Waals surface area (Å²) in [6.45, 7) is 0.888. The van der Waals surface area contributed by atoms with Crippen molar-refractivity contribution in [2.45, 2.75) is 19.4 Å². The number of benzene rings is 1. The van der Waals surface area contributed by atoms with Crippen molar-refractivity contribution in [3.05, 3.63) is 66.0 Å². The molecule has 0 aliphatic carbocycles. The summed E-state index contributed by atoms with van der Waals surface area (Å²) in [7, 11) is -3.40. The molecule has 0 bridgehead atoms. The normalized spacial score (nSPS) is 11.4. The molecular formula is C18H23N3O3S. The molecule has 0 saturated heterocycles. The van der Waals surface area contributed by atoms with Crippen LogP contribution in [0.25, 0.3) is 0 Å². The van der Waals surface area contributed by atoms with E-state index in [0.717, 1.165) is 23.8 Å². The van der Waals surface area contributed by atoms with Crippen LogP contribution in [0.2, 0.25) is 0 Å². The van der Waals surface area contributed by atoms with Gasteiger partial charge in [0.25, 0.3) is 0 Å². The van der Waals surface area contributed by atoms with Crippen molar-refractivity contribution in [2.24, 2.45) is 0 Å². The third kappa shape index (κ3) is 7.03. The second-order valence-electron chi connectivity index (χ2n) is 5.79. The Balaban J connectivity index is 1.80. The molecule has 0 unspecified atom stereocenters. The van der Waals surface area contributed by atoms with Crippen LogP contribution in [0.3, 0.4) is 0 Å². The number of carbonyl (C=O) groups is 1. The highest BCUT2D eigenvalue weighted by atomic mass is 32.2. The average molecular weight is 361 g/mol. The van der Waals surface area contributed by atoms with Gasteiger partial charge in [-0.1, -0.05) is 36.4 Å². The summed E-state index contributed by atoms with van der Waals surface area (Å²) < 4.78 is 25.1. The number of carbonyl (C=O) groups excluding carboxylic acids is 1. The molecule has 1 N–H and O–H groups in total. The lowest BCUT2D eigenvalue weighted by atomic mass is 10.1. The van der Waals surface area contributed by atoms with Crippen LogP contribution in [-0.4, -0.2) is 43.0 Å². The van der Waals surface area contributed by atoms with Crippen molar-refractivity contribution < 1.29 is 13.2 Å². The molecule has 7 heteroatoms. The highest BCUT2D eigenvalue weighted by Gasteiger charge is 2.18. The fraction of sp³-hybridized carbons (Fsp3) is 0.333. The Labute approximate surface area is 148 Å². The van der Waals surface area contributed by atoms with Crippen LogP contribution in [-0.2, 0) is 27.8 Å². The van der Waals surface area contributed by atoms with E-state index >= 15 is 0 Å². The Kier molecular flexibility index (Phi) is 7.09. The standard InChI is InChI=1S/C18H23N3O3S/c1-25(23,24)21(15-17-8-5-11-19-14-17)13-10-18(22)20-12-9-16-6-3-2-4-7-16/h2-8,11,14H,9-10,12-13,15H2,1H3,(H,20,22). The Morgan fingerprint density at radius 1 is 1.12 bits per heavy atom. The summed E-state index contributed by atoms with van der Waals surface area (Å²) in [6.07, 6.45) is 5.28. The molecule has 2 rings (SSSR count). The first-order valence-electron chi connectivity index (χ1n) is 8.10. The zero-order valence-corrected chi connectivity index (χ0v) is 15.1. The summed E-state index contributed by atoms with van der Waals surface area (Å²) >= 11 is 0. The molecule has 1 aromatic carbocycles. The number of nitrogens with zero attached hydrogens (tertiary/aromatic N) is 2. The molecule has 0 radical (unpaired) electrons. The summed E-state index contributed by atoms with van der Waals surface area (Å²) in [5.41, 5.74) is 1.94. The molecule has 0 aliphatic heterocycles. The summed E-state index contributed by atoms with van der Waals surface area (Å²) in [5, 5.41) is 2.83. The lowest BCUT2D eigenvalue weighted by Crippen LogP contribution is -2.34. The molecule has 0 atom stereocenters. The fourth-order valence-corrected chi connectivity index (χ4v) is 3.17. The van der Waals surface area contributed by atoms with Crippen molar-refractivity contribution in [1.29, 1.82) is 0 Å². The number of nitrogens with one attached hydrogen (secondary N) is 1. The molecule has 1 aromatic heterocycles. The minimum Gasteiger partial charge on any atom is -0.356 e. The summed E-state index contributed by atoms with van der Waals surface area (Å²) in [6, 6.07) is 13.4. The van der Waals surface area contributed by atoms with Gasteiger partial charge in [-0.25, -0.2) is 8.42 Å². The SMILES string of the molecule is CS(=O)(=O)N(CCC(=O)NCCc1ccccc1)Cc1cccnc1. The van der Waals surface area contributed by atoms with Crippen molar-refractivity contribution in [3.8, 4) is 0 Å². The van der Waals surface area contributed by atoms with E-state index in [2.05, 4.69) is 10.3 Å². The summed E-state index contributed by atoms with van der Waals surface area (Å²) in [4.78, 5) is 16.0. The molecule has 0 aliphatic rings. The molecular weight excluding hydrogens is 338 g/mol. The Hall–Kier alpha value is -2.25. The molecule has 25 heavy (non-hydrogen) atoms. The van der Waals surface area contributed by atoms with Gasteiger partial charge >= 0.3 is 0 Å². The smallest absolute Gasteiger partial charge is 0.221 e. The van der Waals surface area contributed by atoms with Crippen molar-refractivity contribution in [3.63, 3.8) is 0 Å². The third-order valence-electron chi connectivity index (χ3n) is 3.72. The highest BCUT2D eigenvalue weighted by Crippen LogP contribution is 2.08. The van der Waals surface area contributed by atoms with Gasteiger partial charge in [-0.05, 0) is 23.6 Å². The first-order chi connectivity index (χ1) is 11.9. The first kappa shape index (κ1) is 19.1. The van der Waals surface area contributed by atoms with E-state index in [-0.39, 0.29) is 25.4 Å². The van der Waals surface area contributed by atoms with Crippen LogP contribution in [0.1, 0.15) is 17.5 Å². The van der Waals surface area contributed by atoms with Crippen LogP contribution in [0.15, 0.2) is 54.9 Å². The lowest BCUT2D eigenvalue weighted by molar-refractivity contribution is -0.121. The Morgan fingerprint density at radius 3 is 2.48 bits per heavy atom. The number of hydrogen-bond acceptors (Lipinski definition) is 4. The predicted octanol–water partition coefficient (Wildman–Crippen LogP) is 1.59. The molecule has 2 aromatic rings. The van der Waals surface area contributed by atoms with Gasteiger partial charge in [0.2, 0.25) is 15.9 Å². The maximum Gasteiger partial charge on any atom is 0.221 e. The van der Waals surface area contributed by atoms with Crippen LogP contribution in [0, 0.1) is 0 Å². The number of hydrogen-bond donors (Lipinski definition) is 1. The van der Waals surface area contributed by atoms with Gasteiger partial charge in [0, 0.05) is 38.4 Å². The Morgan fingerprint density at radius 2 is 1.84 bits per heavy atom. The third-order valence-corrected chi connectivity index (χ3v) is 4.97. The van der Waals surface area contributed by atoms with E-state index in [1.54, 1.807) is 18.5 Å². The van der Waals surface area contributed by atoms with Gasteiger partial charge in [-0.15, -0.1) is 0 Å². The van der Waals surface area contributed by atoms with E-state index in [0.29, 0.717) is 6.54 Å².